The van der Waals surface area contributed by atoms with Crippen molar-refractivity contribution in [1.82, 2.24) is 20.3 Å². The number of hydrogen-bond donors (Lipinski definition) is 2. The molecule has 2 aromatic carbocycles. The van der Waals surface area contributed by atoms with E-state index >= 15 is 0 Å². The highest BCUT2D eigenvalue weighted by Gasteiger charge is 2.18. The fraction of sp³-hybridized carbons (Fsp3) is 0.273. The van der Waals surface area contributed by atoms with E-state index in [2.05, 4.69) is 20.9 Å². The van der Waals surface area contributed by atoms with E-state index in [0.29, 0.717) is 23.7 Å². The van der Waals surface area contributed by atoms with Gasteiger partial charge >= 0.3 is 0 Å². The first-order valence-corrected chi connectivity index (χ1v) is 10.0. The van der Waals surface area contributed by atoms with Crippen molar-refractivity contribution in [2.45, 2.75) is 33.7 Å². The second-order valence-corrected chi connectivity index (χ2v) is 7.62. The number of nitrogens with zero attached hydrogens (tertiary/aromatic N) is 3. The SMILES string of the molecule is Cc1ccc(NC(=O)c2nnn(CC(=O)NCCc3ccc(Cl)cc3)c2C)c(C)c1. The molecule has 0 spiro atoms. The van der Waals surface area contributed by atoms with Crippen molar-refractivity contribution >= 4 is 29.1 Å². The molecule has 2 N–H and O–H groups in total. The standard InChI is InChI=1S/C22H24ClN5O2/c1-14-4-9-19(15(2)12-14)25-22(30)21-16(3)28(27-26-21)13-20(29)24-11-10-17-5-7-18(23)8-6-17/h4-9,12H,10-11,13H2,1-3H3,(H,24,29)(H,25,30). The van der Waals surface area contributed by atoms with Crippen molar-refractivity contribution in [3.63, 3.8) is 0 Å². The maximum absolute atomic E-state index is 12.6. The molecule has 1 aromatic heterocycles. The third-order valence-electron chi connectivity index (χ3n) is 4.77. The third-order valence-corrected chi connectivity index (χ3v) is 5.02. The van der Waals surface area contributed by atoms with Crippen LogP contribution in [0.5, 0.6) is 0 Å². The van der Waals surface area contributed by atoms with Crippen LogP contribution in [0, 0.1) is 20.8 Å². The maximum atomic E-state index is 12.6. The Hall–Kier alpha value is -3.19. The summed E-state index contributed by atoms with van der Waals surface area (Å²) in [7, 11) is 0. The molecule has 0 saturated carbocycles. The van der Waals surface area contributed by atoms with E-state index in [1.54, 1.807) is 6.92 Å². The molecule has 8 heteroatoms. The summed E-state index contributed by atoms with van der Waals surface area (Å²) in [6, 6.07) is 13.3. The van der Waals surface area contributed by atoms with Gasteiger partial charge in [0.05, 0.1) is 5.69 Å². The van der Waals surface area contributed by atoms with Gasteiger partial charge in [0.1, 0.15) is 6.54 Å². The lowest BCUT2D eigenvalue weighted by Gasteiger charge is -2.09. The van der Waals surface area contributed by atoms with Crippen molar-refractivity contribution in [1.29, 1.82) is 0 Å². The maximum Gasteiger partial charge on any atom is 0.278 e. The summed E-state index contributed by atoms with van der Waals surface area (Å²) >= 11 is 5.87. The highest BCUT2D eigenvalue weighted by molar-refractivity contribution is 6.30. The average molecular weight is 426 g/mol. The van der Waals surface area contributed by atoms with Crippen LogP contribution in [0.25, 0.3) is 0 Å². The van der Waals surface area contributed by atoms with Crippen LogP contribution in [0.2, 0.25) is 5.02 Å². The number of halogens is 1. The van der Waals surface area contributed by atoms with E-state index in [-0.39, 0.29) is 24.1 Å². The quantitative estimate of drug-likeness (QED) is 0.606. The summed E-state index contributed by atoms with van der Waals surface area (Å²) in [5.41, 5.74) is 4.62. The first-order valence-electron chi connectivity index (χ1n) is 9.63. The average Bonchev–Trinajstić information content (AvgIpc) is 3.06. The Morgan fingerprint density at radius 3 is 2.50 bits per heavy atom. The van der Waals surface area contributed by atoms with Crippen molar-refractivity contribution in [3.8, 4) is 0 Å². The smallest absolute Gasteiger partial charge is 0.278 e. The van der Waals surface area contributed by atoms with E-state index in [0.717, 1.165) is 22.4 Å². The van der Waals surface area contributed by atoms with Crippen LogP contribution in [-0.4, -0.2) is 33.4 Å². The van der Waals surface area contributed by atoms with Gasteiger partial charge in [-0.25, -0.2) is 4.68 Å². The minimum atomic E-state index is -0.353. The zero-order chi connectivity index (χ0) is 21.7. The second kappa shape index (κ2) is 9.54. The molecule has 0 bridgehead atoms. The number of aromatic nitrogens is 3. The number of anilines is 1. The number of aryl methyl sites for hydroxylation is 2. The van der Waals surface area contributed by atoms with Gasteiger partial charge in [0.2, 0.25) is 5.91 Å². The van der Waals surface area contributed by atoms with E-state index < -0.39 is 0 Å². The molecule has 0 aliphatic heterocycles. The fourth-order valence-electron chi connectivity index (χ4n) is 3.04. The zero-order valence-electron chi connectivity index (χ0n) is 17.2. The van der Waals surface area contributed by atoms with Gasteiger partial charge in [-0.3, -0.25) is 9.59 Å². The Morgan fingerprint density at radius 1 is 1.07 bits per heavy atom. The Kier molecular flexibility index (Phi) is 6.84. The highest BCUT2D eigenvalue weighted by atomic mass is 35.5. The number of amides is 2. The van der Waals surface area contributed by atoms with Crippen molar-refractivity contribution in [2.24, 2.45) is 0 Å². The Labute approximate surface area is 180 Å². The molecule has 1 heterocycles. The Balaban J connectivity index is 1.55. The van der Waals surface area contributed by atoms with Crippen molar-refractivity contribution in [2.75, 3.05) is 11.9 Å². The van der Waals surface area contributed by atoms with Gasteiger partial charge in [-0.1, -0.05) is 46.6 Å². The molecule has 156 valence electrons. The summed E-state index contributed by atoms with van der Waals surface area (Å²) in [6.07, 6.45) is 0.697. The lowest BCUT2D eigenvalue weighted by molar-refractivity contribution is -0.121. The molecule has 0 radical (unpaired) electrons. The summed E-state index contributed by atoms with van der Waals surface area (Å²) < 4.78 is 1.43. The predicted molar refractivity (Wildman–Crippen MR) is 117 cm³/mol. The molecule has 0 saturated heterocycles. The fourth-order valence-corrected chi connectivity index (χ4v) is 3.17. The van der Waals surface area contributed by atoms with E-state index in [4.69, 9.17) is 11.6 Å². The molecule has 3 aromatic rings. The monoisotopic (exact) mass is 425 g/mol. The van der Waals surface area contributed by atoms with Gasteiger partial charge in [0.25, 0.3) is 5.91 Å². The summed E-state index contributed by atoms with van der Waals surface area (Å²) in [5, 5.41) is 14.3. The molecular weight excluding hydrogens is 402 g/mol. The van der Waals surface area contributed by atoms with Gasteiger partial charge in [-0.15, -0.1) is 5.10 Å². The van der Waals surface area contributed by atoms with Gasteiger partial charge in [0, 0.05) is 17.3 Å². The van der Waals surface area contributed by atoms with Crippen LogP contribution in [-0.2, 0) is 17.8 Å². The van der Waals surface area contributed by atoms with Crippen LogP contribution in [0.1, 0.15) is 32.9 Å². The molecule has 0 fully saturated rings. The van der Waals surface area contributed by atoms with Crippen LogP contribution >= 0.6 is 11.6 Å². The number of carbonyl (C=O) groups excluding carboxylic acids is 2. The first kappa shape index (κ1) is 21.5. The number of rotatable bonds is 7. The van der Waals surface area contributed by atoms with Gasteiger partial charge in [0.15, 0.2) is 5.69 Å². The topological polar surface area (TPSA) is 88.9 Å². The lowest BCUT2D eigenvalue weighted by atomic mass is 10.1. The lowest BCUT2D eigenvalue weighted by Crippen LogP contribution is -2.30. The molecule has 7 nitrogen and oxygen atoms in total. The zero-order valence-corrected chi connectivity index (χ0v) is 18.0. The predicted octanol–water partition coefficient (Wildman–Crippen LogP) is 3.47. The molecular formula is C22H24ClN5O2. The number of benzene rings is 2. The summed E-state index contributed by atoms with van der Waals surface area (Å²) in [4.78, 5) is 24.8. The normalized spacial score (nSPS) is 10.7. The van der Waals surface area contributed by atoms with Gasteiger partial charge < -0.3 is 10.6 Å². The molecule has 2 amide bonds. The number of carbonyl (C=O) groups is 2. The minimum absolute atomic E-state index is 0.00368. The Bertz CT molecular complexity index is 1060. The number of hydrogen-bond acceptors (Lipinski definition) is 4. The highest BCUT2D eigenvalue weighted by Crippen LogP contribution is 2.17. The molecule has 30 heavy (non-hydrogen) atoms. The number of nitrogens with one attached hydrogen (secondary N) is 2. The van der Waals surface area contributed by atoms with Crippen molar-refractivity contribution in [3.05, 3.63) is 75.6 Å². The molecule has 0 unspecified atom stereocenters. The molecule has 0 aliphatic carbocycles. The van der Waals surface area contributed by atoms with E-state index in [1.807, 2.05) is 56.3 Å². The van der Waals surface area contributed by atoms with Crippen LogP contribution in [0.15, 0.2) is 42.5 Å². The third kappa shape index (κ3) is 5.45. The van der Waals surface area contributed by atoms with Gasteiger partial charge in [-0.05, 0) is 56.5 Å². The largest absolute Gasteiger partial charge is 0.354 e. The van der Waals surface area contributed by atoms with Crippen LogP contribution < -0.4 is 10.6 Å². The van der Waals surface area contributed by atoms with E-state index in [9.17, 15) is 9.59 Å². The van der Waals surface area contributed by atoms with Crippen LogP contribution in [0.4, 0.5) is 5.69 Å². The molecule has 0 aliphatic rings. The summed E-state index contributed by atoms with van der Waals surface area (Å²) in [5.74, 6) is -0.549. The van der Waals surface area contributed by atoms with Gasteiger partial charge in [-0.2, -0.15) is 0 Å². The first-order chi connectivity index (χ1) is 14.3. The van der Waals surface area contributed by atoms with Crippen LogP contribution in [0.3, 0.4) is 0 Å². The molecule has 0 atom stereocenters. The second-order valence-electron chi connectivity index (χ2n) is 7.18. The molecule has 3 rings (SSSR count). The van der Waals surface area contributed by atoms with Crippen molar-refractivity contribution < 1.29 is 9.59 Å². The Morgan fingerprint density at radius 2 is 1.80 bits per heavy atom. The minimum Gasteiger partial charge on any atom is -0.354 e. The summed E-state index contributed by atoms with van der Waals surface area (Å²) in [6.45, 7) is 6.14. The van der Waals surface area contributed by atoms with E-state index in [1.165, 1.54) is 4.68 Å².